The number of carbonyl (C=O) groups is 1. The third-order valence-electron chi connectivity index (χ3n) is 3.10. The highest BCUT2D eigenvalue weighted by molar-refractivity contribution is 7.89. The first kappa shape index (κ1) is 16.1. The molecule has 0 amide bonds. The number of benzene rings is 2. The zero-order valence-corrected chi connectivity index (χ0v) is 12.6. The van der Waals surface area contributed by atoms with E-state index in [2.05, 4.69) is 0 Å². The summed E-state index contributed by atoms with van der Waals surface area (Å²) >= 11 is 0. The fraction of sp³-hybridized carbons (Fsp3) is 0.133. The molecule has 116 valence electrons. The Morgan fingerprint density at radius 3 is 2.50 bits per heavy atom. The summed E-state index contributed by atoms with van der Waals surface area (Å²) in [5.74, 6) is -1.05. The monoisotopic (exact) mass is 323 g/mol. The number of sulfonamides is 1. The number of halogens is 1. The summed E-state index contributed by atoms with van der Waals surface area (Å²) in [6, 6.07) is 9.76. The third kappa shape index (κ3) is 3.49. The summed E-state index contributed by atoms with van der Waals surface area (Å²) in [5, 5.41) is 5.12. The summed E-state index contributed by atoms with van der Waals surface area (Å²) in [7, 11) is -2.60. The van der Waals surface area contributed by atoms with Gasteiger partial charge in [0.15, 0.2) is 17.3 Å². The number of nitrogens with two attached hydrogens (primary N) is 1. The molecule has 0 unspecified atom stereocenters. The molecule has 0 aliphatic rings. The summed E-state index contributed by atoms with van der Waals surface area (Å²) in [4.78, 5) is 12.1. The number of methoxy groups -OCH3 is 1. The van der Waals surface area contributed by atoms with E-state index in [0.29, 0.717) is 0 Å². The number of ether oxygens (including phenoxy) is 1. The van der Waals surface area contributed by atoms with Gasteiger partial charge >= 0.3 is 0 Å². The van der Waals surface area contributed by atoms with Crippen molar-refractivity contribution in [3.8, 4) is 5.75 Å². The molecule has 7 heteroatoms. The van der Waals surface area contributed by atoms with Crippen LogP contribution in [0, 0.1) is 5.82 Å². The van der Waals surface area contributed by atoms with Crippen molar-refractivity contribution in [2.45, 2.75) is 11.3 Å². The second kappa shape index (κ2) is 6.25. The molecule has 0 aliphatic carbocycles. The van der Waals surface area contributed by atoms with Gasteiger partial charge in [-0.25, -0.2) is 17.9 Å². The van der Waals surface area contributed by atoms with Gasteiger partial charge in [-0.3, -0.25) is 4.79 Å². The molecule has 5 nitrogen and oxygen atoms in total. The molecular formula is C15H14FNO4S. The average molecular weight is 323 g/mol. The van der Waals surface area contributed by atoms with Crippen molar-refractivity contribution in [1.82, 2.24) is 0 Å². The number of carbonyl (C=O) groups excluding carboxylic acids is 1. The maximum Gasteiger partial charge on any atom is 0.238 e. The van der Waals surface area contributed by atoms with Gasteiger partial charge in [0.25, 0.3) is 0 Å². The lowest BCUT2D eigenvalue weighted by atomic mass is 10.0. The second-order valence-corrected chi connectivity index (χ2v) is 6.13. The smallest absolute Gasteiger partial charge is 0.238 e. The van der Waals surface area contributed by atoms with Gasteiger partial charge < -0.3 is 4.74 Å². The van der Waals surface area contributed by atoms with Gasteiger partial charge in [-0.05, 0) is 29.8 Å². The zero-order chi connectivity index (χ0) is 16.3. The topological polar surface area (TPSA) is 86.5 Å². The van der Waals surface area contributed by atoms with Crippen LogP contribution in [0.5, 0.6) is 5.75 Å². The summed E-state index contributed by atoms with van der Waals surface area (Å²) in [6.07, 6.45) is -0.196. The van der Waals surface area contributed by atoms with Crippen LogP contribution in [0.1, 0.15) is 15.9 Å². The van der Waals surface area contributed by atoms with Crippen molar-refractivity contribution < 1.29 is 22.3 Å². The molecule has 0 saturated heterocycles. The first-order valence-electron chi connectivity index (χ1n) is 6.30. The molecule has 0 saturated carbocycles. The van der Waals surface area contributed by atoms with Crippen molar-refractivity contribution in [3.63, 3.8) is 0 Å². The van der Waals surface area contributed by atoms with Crippen molar-refractivity contribution in [3.05, 3.63) is 59.4 Å². The number of rotatable bonds is 5. The Morgan fingerprint density at radius 1 is 1.23 bits per heavy atom. The minimum absolute atomic E-state index is 0.0292. The number of Topliss-reactive ketones (excluding diaryl/α,β-unsaturated/α-hetero) is 1. The maximum absolute atomic E-state index is 13.6. The number of hydrogen-bond donors (Lipinski definition) is 1. The van der Waals surface area contributed by atoms with E-state index in [-0.39, 0.29) is 28.2 Å². The molecule has 0 aliphatic heterocycles. The van der Waals surface area contributed by atoms with Gasteiger partial charge in [0.1, 0.15) is 0 Å². The zero-order valence-electron chi connectivity index (χ0n) is 11.7. The lowest BCUT2D eigenvalue weighted by Crippen LogP contribution is -2.16. The van der Waals surface area contributed by atoms with Gasteiger partial charge in [-0.1, -0.05) is 18.2 Å². The highest BCUT2D eigenvalue weighted by atomic mass is 32.2. The molecule has 0 radical (unpaired) electrons. The van der Waals surface area contributed by atoms with Crippen LogP contribution in [0.15, 0.2) is 47.4 Å². The van der Waals surface area contributed by atoms with Crippen molar-refractivity contribution in [2.75, 3.05) is 7.11 Å². The van der Waals surface area contributed by atoms with E-state index in [1.54, 1.807) is 6.07 Å². The number of ketones is 1. The molecule has 2 aromatic carbocycles. The molecule has 0 spiro atoms. The third-order valence-corrected chi connectivity index (χ3v) is 4.12. The molecule has 0 fully saturated rings. The molecule has 0 atom stereocenters. The van der Waals surface area contributed by atoms with Crippen LogP contribution in [-0.2, 0) is 16.4 Å². The van der Waals surface area contributed by atoms with Crippen LogP contribution < -0.4 is 9.88 Å². The van der Waals surface area contributed by atoms with Gasteiger partial charge in [-0.2, -0.15) is 0 Å². The van der Waals surface area contributed by atoms with Crippen LogP contribution >= 0.6 is 0 Å². The molecule has 2 N–H and O–H groups in total. The van der Waals surface area contributed by atoms with Crippen molar-refractivity contribution >= 4 is 15.8 Å². The maximum atomic E-state index is 13.6. The molecule has 2 rings (SSSR count). The molecular weight excluding hydrogens is 309 g/mol. The predicted octanol–water partition coefficient (Wildman–Crippen LogP) is 1.91. The Morgan fingerprint density at radius 2 is 1.91 bits per heavy atom. The van der Waals surface area contributed by atoms with Crippen molar-refractivity contribution in [2.24, 2.45) is 5.14 Å². The van der Waals surface area contributed by atoms with E-state index in [9.17, 15) is 17.6 Å². The van der Waals surface area contributed by atoms with E-state index in [1.165, 1.54) is 37.4 Å². The van der Waals surface area contributed by atoms with E-state index < -0.39 is 21.6 Å². The summed E-state index contributed by atoms with van der Waals surface area (Å²) < 4.78 is 41.4. The number of primary sulfonamides is 1. The molecule has 0 bridgehead atoms. The summed E-state index contributed by atoms with van der Waals surface area (Å²) in [6.45, 7) is 0. The highest BCUT2D eigenvalue weighted by Crippen LogP contribution is 2.20. The second-order valence-electron chi connectivity index (χ2n) is 4.60. The lowest BCUT2D eigenvalue weighted by Gasteiger charge is -2.08. The fourth-order valence-electron chi connectivity index (χ4n) is 2.04. The highest BCUT2D eigenvalue weighted by Gasteiger charge is 2.17. The average Bonchev–Trinajstić information content (AvgIpc) is 2.46. The SMILES string of the molecule is COc1ccc(C(=O)Cc2ccccc2S(N)(=O)=O)cc1F. The Kier molecular flexibility index (Phi) is 4.58. The van der Waals surface area contributed by atoms with Crippen LogP contribution in [-0.4, -0.2) is 21.3 Å². The molecule has 0 heterocycles. The summed E-state index contributed by atoms with van der Waals surface area (Å²) in [5.41, 5.74) is 0.397. The van der Waals surface area contributed by atoms with Crippen LogP contribution in [0.25, 0.3) is 0 Å². The minimum atomic E-state index is -3.93. The van der Waals surface area contributed by atoms with E-state index in [4.69, 9.17) is 9.88 Å². The van der Waals surface area contributed by atoms with E-state index in [1.807, 2.05) is 0 Å². The van der Waals surface area contributed by atoms with E-state index in [0.717, 1.165) is 6.07 Å². The lowest BCUT2D eigenvalue weighted by molar-refractivity contribution is 0.0992. The van der Waals surface area contributed by atoms with E-state index >= 15 is 0 Å². The molecule has 22 heavy (non-hydrogen) atoms. The minimum Gasteiger partial charge on any atom is -0.494 e. The normalized spacial score (nSPS) is 11.2. The van der Waals surface area contributed by atoms with Gasteiger partial charge in [-0.15, -0.1) is 0 Å². The van der Waals surface area contributed by atoms with Crippen LogP contribution in [0.4, 0.5) is 4.39 Å². The quantitative estimate of drug-likeness (QED) is 0.852. The van der Waals surface area contributed by atoms with Gasteiger partial charge in [0.05, 0.1) is 12.0 Å². The number of hydrogen-bond acceptors (Lipinski definition) is 4. The Hall–Kier alpha value is -2.25. The predicted molar refractivity (Wildman–Crippen MR) is 78.8 cm³/mol. The first-order chi connectivity index (χ1) is 10.3. The Balaban J connectivity index is 2.32. The van der Waals surface area contributed by atoms with Gasteiger partial charge in [0.2, 0.25) is 10.0 Å². The molecule has 0 aromatic heterocycles. The van der Waals surface area contributed by atoms with Crippen LogP contribution in [0.3, 0.4) is 0 Å². The Labute approximate surface area is 127 Å². The Bertz CT molecular complexity index is 818. The first-order valence-corrected chi connectivity index (χ1v) is 7.85. The standard InChI is InChI=1S/C15H14FNO4S/c1-21-14-7-6-10(8-12(14)16)13(18)9-11-4-2-3-5-15(11)22(17,19)20/h2-8H,9H2,1H3,(H2,17,19,20). The largest absolute Gasteiger partial charge is 0.494 e. The van der Waals surface area contributed by atoms with Crippen LogP contribution in [0.2, 0.25) is 0 Å². The van der Waals surface area contributed by atoms with Crippen molar-refractivity contribution in [1.29, 1.82) is 0 Å². The molecule has 2 aromatic rings. The fourth-order valence-corrected chi connectivity index (χ4v) is 2.82. The van der Waals surface area contributed by atoms with Gasteiger partial charge in [0, 0.05) is 12.0 Å².